The number of hydrogen-bond acceptors (Lipinski definition) is 4. The SMILES string of the molecule is CN1CCCc2cc(C(CN)NCCCO)ccc21. The summed E-state index contributed by atoms with van der Waals surface area (Å²) in [4.78, 5) is 2.32. The molecule has 2 rings (SSSR count). The predicted octanol–water partition coefficient (Wildman–Crippen LogP) is 1.04. The van der Waals surface area contributed by atoms with Gasteiger partial charge in [0.05, 0.1) is 0 Å². The molecule has 0 radical (unpaired) electrons. The Balaban J connectivity index is 2.10. The zero-order valence-electron chi connectivity index (χ0n) is 11.7. The Kier molecular flexibility index (Phi) is 5.19. The molecule has 1 aromatic rings. The third kappa shape index (κ3) is 3.47. The maximum absolute atomic E-state index is 8.83. The highest BCUT2D eigenvalue weighted by atomic mass is 16.3. The summed E-state index contributed by atoms with van der Waals surface area (Å²) < 4.78 is 0. The second-order valence-corrected chi connectivity index (χ2v) is 5.23. The maximum Gasteiger partial charge on any atom is 0.0444 e. The number of nitrogens with one attached hydrogen (secondary N) is 1. The van der Waals surface area contributed by atoms with E-state index in [0.717, 1.165) is 25.9 Å². The predicted molar refractivity (Wildman–Crippen MR) is 79.5 cm³/mol. The minimum Gasteiger partial charge on any atom is -0.396 e. The van der Waals surface area contributed by atoms with Gasteiger partial charge < -0.3 is 21.1 Å². The monoisotopic (exact) mass is 263 g/mol. The van der Waals surface area contributed by atoms with Gasteiger partial charge in [0.25, 0.3) is 0 Å². The molecule has 0 saturated heterocycles. The topological polar surface area (TPSA) is 61.5 Å². The lowest BCUT2D eigenvalue weighted by atomic mass is 9.96. The van der Waals surface area contributed by atoms with Crippen LogP contribution in [0.15, 0.2) is 18.2 Å². The van der Waals surface area contributed by atoms with Crippen LogP contribution < -0.4 is 16.0 Å². The highest BCUT2D eigenvalue weighted by Crippen LogP contribution is 2.28. The maximum atomic E-state index is 8.83. The fourth-order valence-electron chi connectivity index (χ4n) is 2.71. The van der Waals surface area contributed by atoms with Gasteiger partial charge in [0, 0.05) is 38.5 Å². The molecular formula is C15H25N3O. The first-order valence-electron chi connectivity index (χ1n) is 7.14. The molecule has 0 aliphatic carbocycles. The van der Waals surface area contributed by atoms with Gasteiger partial charge in [-0.25, -0.2) is 0 Å². The molecule has 1 aromatic carbocycles. The summed E-state index contributed by atoms with van der Waals surface area (Å²) in [7, 11) is 2.15. The summed E-state index contributed by atoms with van der Waals surface area (Å²) in [6.07, 6.45) is 3.14. The third-order valence-corrected chi connectivity index (χ3v) is 3.82. The summed E-state index contributed by atoms with van der Waals surface area (Å²) in [6, 6.07) is 6.85. The van der Waals surface area contributed by atoms with Crippen LogP contribution in [0.1, 0.15) is 30.0 Å². The molecule has 1 unspecified atom stereocenters. The first-order chi connectivity index (χ1) is 9.26. The highest BCUT2D eigenvalue weighted by Gasteiger charge is 2.16. The van der Waals surface area contributed by atoms with Crippen molar-refractivity contribution in [1.29, 1.82) is 0 Å². The van der Waals surface area contributed by atoms with Crippen molar-refractivity contribution in [3.63, 3.8) is 0 Å². The molecule has 1 aliphatic rings. The van der Waals surface area contributed by atoms with Crippen LogP contribution >= 0.6 is 0 Å². The van der Waals surface area contributed by atoms with E-state index in [9.17, 15) is 0 Å². The molecule has 0 aromatic heterocycles. The fraction of sp³-hybridized carbons (Fsp3) is 0.600. The van der Waals surface area contributed by atoms with E-state index < -0.39 is 0 Å². The van der Waals surface area contributed by atoms with Crippen LogP contribution in [0.25, 0.3) is 0 Å². The lowest BCUT2D eigenvalue weighted by Gasteiger charge is -2.29. The number of rotatable bonds is 6. The largest absolute Gasteiger partial charge is 0.396 e. The molecule has 106 valence electrons. The van der Waals surface area contributed by atoms with Crippen LogP contribution in [0.2, 0.25) is 0 Å². The van der Waals surface area contributed by atoms with E-state index in [2.05, 4.69) is 35.5 Å². The molecule has 1 heterocycles. The van der Waals surface area contributed by atoms with Gasteiger partial charge >= 0.3 is 0 Å². The number of benzene rings is 1. The first kappa shape index (κ1) is 14.3. The van der Waals surface area contributed by atoms with Gasteiger partial charge in [-0.2, -0.15) is 0 Å². The quantitative estimate of drug-likeness (QED) is 0.671. The lowest BCUT2D eigenvalue weighted by molar-refractivity contribution is 0.283. The van der Waals surface area contributed by atoms with E-state index >= 15 is 0 Å². The second-order valence-electron chi connectivity index (χ2n) is 5.23. The number of aliphatic hydroxyl groups is 1. The Morgan fingerprint density at radius 1 is 1.47 bits per heavy atom. The number of aryl methyl sites for hydroxylation is 1. The molecule has 4 N–H and O–H groups in total. The van der Waals surface area contributed by atoms with Gasteiger partial charge in [0.2, 0.25) is 0 Å². The first-order valence-corrected chi connectivity index (χ1v) is 7.14. The van der Waals surface area contributed by atoms with Crippen LogP contribution in [-0.2, 0) is 6.42 Å². The van der Waals surface area contributed by atoms with Crippen molar-refractivity contribution in [3.05, 3.63) is 29.3 Å². The number of anilines is 1. The molecule has 0 spiro atoms. The standard InChI is InChI=1S/C15H25N3O/c1-18-8-2-4-13-10-12(5-6-15(13)18)14(11-16)17-7-3-9-19/h5-6,10,14,17,19H,2-4,7-9,11,16H2,1H3. The van der Waals surface area contributed by atoms with Crippen LogP contribution in [-0.4, -0.2) is 38.4 Å². The van der Waals surface area contributed by atoms with Gasteiger partial charge in [0.15, 0.2) is 0 Å². The molecule has 0 fully saturated rings. The van der Waals surface area contributed by atoms with Crippen LogP contribution in [0.5, 0.6) is 0 Å². The lowest BCUT2D eigenvalue weighted by Crippen LogP contribution is -2.30. The minimum absolute atomic E-state index is 0.184. The van der Waals surface area contributed by atoms with Gasteiger partial charge in [-0.1, -0.05) is 12.1 Å². The van der Waals surface area contributed by atoms with E-state index in [1.54, 1.807) is 0 Å². The Morgan fingerprint density at radius 3 is 3.05 bits per heavy atom. The van der Waals surface area contributed by atoms with Crippen molar-refractivity contribution < 1.29 is 5.11 Å². The van der Waals surface area contributed by atoms with Crippen molar-refractivity contribution >= 4 is 5.69 Å². The molecule has 1 atom stereocenters. The van der Waals surface area contributed by atoms with Crippen molar-refractivity contribution in [2.24, 2.45) is 5.73 Å². The van der Waals surface area contributed by atoms with Crippen molar-refractivity contribution in [1.82, 2.24) is 5.32 Å². The van der Waals surface area contributed by atoms with Crippen molar-refractivity contribution in [2.75, 3.05) is 38.2 Å². The van der Waals surface area contributed by atoms with Crippen LogP contribution in [0.4, 0.5) is 5.69 Å². The molecule has 0 amide bonds. The second kappa shape index (κ2) is 6.89. The highest BCUT2D eigenvalue weighted by molar-refractivity contribution is 5.56. The number of nitrogens with zero attached hydrogens (tertiary/aromatic N) is 1. The fourth-order valence-corrected chi connectivity index (χ4v) is 2.71. The Morgan fingerprint density at radius 2 is 2.32 bits per heavy atom. The van der Waals surface area contributed by atoms with E-state index in [0.29, 0.717) is 6.54 Å². The summed E-state index contributed by atoms with van der Waals surface area (Å²) in [5, 5.41) is 12.2. The minimum atomic E-state index is 0.184. The summed E-state index contributed by atoms with van der Waals surface area (Å²) in [5.41, 5.74) is 9.89. The number of aliphatic hydroxyl groups excluding tert-OH is 1. The molecule has 0 saturated carbocycles. The average molecular weight is 263 g/mol. The molecule has 4 nitrogen and oxygen atoms in total. The van der Waals surface area contributed by atoms with Crippen molar-refractivity contribution in [3.8, 4) is 0 Å². The van der Waals surface area contributed by atoms with E-state index in [1.165, 1.54) is 23.2 Å². The van der Waals surface area contributed by atoms with Gasteiger partial charge in [-0.15, -0.1) is 0 Å². The van der Waals surface area contributed by atoms with Crippen molar-refractivity contribution in [2.45, 2.75) is 25.3 Å². The number of hydrogen-bond donors (Lipinski definition) is 3. The Hall–Kier alpha value is -1.10. The Labute approximate surface area is 115 Å². The zero-order valence-corrected chi connectivity index (χ0v) is 11.7. The third-order valence-electron chi connectivity index (χ3n) is 3.82. The smallest absolute Gasteiger partial charge is 0.0444 e. The van der Waals surface area contributed by atoms with Crippen LogP contribution in [0, 0.1) is 0 Å². The van der Waals surface area contributed by atoms with E-state index in [4.69, 9.17) is 10.8 Å². The van der Waals surface area contributed by atoms with Gasteiger partial charge in [-0.3, -0.25) is 0 Å². The molecule has 0 bridgehead atoms. The van der Waals surface area contributed by atoms with E-state index in [-0.39, 0.29) is 12.6 Å². The summed E-state index contributed by atoms with van der Waals surface area (Å²) in [6.45, 7) is 2.75. The normalized spacial score (nSPS) is 16.3. The molecule has 4 heteroatoms. The molecular weight excluding hydrogens is 238 g/mol. The van der Waals surface area contributed by atoms with Crippen LogP contribution in [0.3, 0.4) is 0 Å². The van der Waals surface area contributed by atoms with E-state index in [1.807, 2.05) is 0 Å². The summed E-state index contributed by atoms with van der Waals surface area (Å²) >= 11 is 0. The van der Waals surface area contributed by atoms with Gasteiger partial charge in [-0.05, 0) is 43.0 Å². The van der Waals surface area contributed by atoms with Gasteiger partial charge in [0.1, 0.15) is 0 Å². The molecule has 19 heavy (non-hydrogen) atoms. The average Bonchev–Trinajstić information content (AvgIpc) is 2.44. The molecule has 1 aliphatic heterocycles. The number of fused-ring (bicyclic) bond motifs is 1. The zero-order chi connectivity index (χ0) is 13.7. The summed E-state index contributed by atoms with van der Waals surface area (Å²) in [5.74, 6) is 0. The number of nitrogens with two attached hydrogens (primary N) is 1. The Bertz CT molecular complexity index is 408.